The number of benzene rings is 3. The third-order valence-corrected chi connectivity index (χ3v) is 8.36. The van der Waals surface area contributed by atoms with Gasteiger partial charge in [-0.25, -0.2) is 14.6 Å². The van der Waals surface area contributed by atoms with E-state index in [1.54, 1.807) is 0 Å². The number of amides is 1. The number of aromatic nitrogens is 2. The molecule has 0 aliphatic heterocycles. The van der Waals surface area contributed by atoms with E-state index >= 15 is 0 Å². The number of carbonyl (C=O) groups excluding carboxylic acids is 1. The normalized spacial score (nSPS) is 13.5. The Morgan fingerprint density at radius 1 is 0.955 bits per heavy atom. The molecule has 2 N–H and O–H groups in total. The Hall–Kier alpha value is -4.53. The number of H-pyrrole nitrogens is 1. The number of aromatic amines is 1. The first-order valence-corrected chi connectivity index (χ1v) is 15.4. The van der Waals surface area contributed by atoms with E-state index in [9.17, 15) is 14.4 Å². The first-order chi connectivity index (χ1) is 21.3. The molecular weight excluding hydrogens is 558 g/mol. The minimum atomic E-state index is -0.773. The molecule has 4 aromatic rings. The zero-order valence-electron chi connectivity index (χ0n) is 25.7. The lowest BCUT2D eigenvalue weighted by atomic mass is 9.89. The van der Waals surface area contributed by atoms with Gasteiger partial charge in [-0.2, -0.15) is 0 Å². The Balaban J connectivity index is 1.16. The monoisotopic (exact) mass is 599 g/mol. The molecule has 0 spiro atoms. The second-order valence-electron chi connectivity index (χ2n) is 11.6. The van der Waals surface area contributed by atoms with Crippen LogP contribution < -0.4 is 26.2 Å². The Kier molecular flexibility index (Phi) is 10.0. The Labute approximate surface area is 257 Å². The van der Waals surface area contributed by atoms with E-state index < -0.39 is 11.4 Å². The largest absolute Gasteiger partial charge is 0.494 e. The van der Waals surface area contributed by atoms with Crippen LogP contribution in [0, 0.1) is 26.7 Å². The highest BCUT2D eigenvalue weighted by Gasteiger charge is 2.20. The minimum Gasteiger partial charge on any atom is -0.494 e. The maximum Gasteiger partial charge on any atom is 0.440 e. The van der Waals surface area contributed by atoms with Gasteiger partial charge in [0.25, 0.3) is 0 Å². The summed E-state index contributed by atoms with van der Waals surface area (Å²) in [6.07, 6.45) is 6.37. The van der Waals surface area contributed by atoms with E-state index in [1.165, 1.54) is 12.0 Å². The molecular formula is C35H41N3O6. The Bertz CT molecular complexity index is 1670. The molecule has 5 rings (SSSR count). The standard InChI is InChI=1S/C35H41N3O6/c1-23-19-30(42-18-8-17-36-33(39)27-9-5-4-6-10-27)20-24(2)32(23)31-12-7-11-28(25(31)3)22-43-29-15-13-26(14-16-29)21-38-34(40)37-35(41)44-38/h7,11-16,19-20,27H,4-6,8-10,17-18,21-22H2,1-3H3,(H,36,39)(H,37,40,41). The fraction of sp³-hybridized carbons (Fsp3) is 0.400. The predicted molar refractivity (Wildman–Crippen MR) is 169 cm³/mol. The van der Waals surface area contributed by atoms with Gasteiger partial charge in [0.2, 0.25) is 5.91 Å². The van der Waals surface area contributed by atoms with Gasteiger partial charge in [-0.3, -0.25) is 4.79 Å². The molecule has 9 heteroatoms. The Morgan fingerprint density at radius 2 is 1.68 bits per heavy atom. The molecule has 0 bridgehead atoms. The first kappa shape index (κ1) is 30.9. The molecule has 232 valence electrons. The van der Waals surface area contributed by atoms with E-state index in [0.717, 1.165) is 76.0 Å². The summed E-state index contributed by atoms with van der Waals surface area (Å²) in [5.41, 5.74) is 7.09. The Morgan fingerprint density at radius 3 is 2.36 bits per heavy atom. The highest BCUT2D eigenvalue weighted by atomic mass is 16.5. The molecule has 1 heterocycles. The van der Waals surface area contributed by atoms with Gasteiger partial charge in [-0.15, -0.1) is 4.74 Å². The average Bonchev–Trinajstić information content (AvgIpc) is 3.33. The fourth-order valence-corrected chi connectivity index (χ4v) is 5.96. The van der Waals surface area contributed by atoms with E-state index in [2.05, 4.69) is 61.4 Å². The number of ether oxygens (including phenoxy) is 2. The topological polar surface area (TPSA) is 116 Å². The number of rotatable bonds is 12. The molecule has 3 aromatic carbocycles. The second kappa shape index (κ2) is 14.3. The van der Waals surface area contributed by atoms with Gasteiger partial charge >= 0.3 is 11.4 Å². The van der Waals surface area contributed by atoms with Crippen molar-refractivity contribution in [2.24, 2.45) is 5.92 Å². The molecule has 9 nitrogen and oxygen atoms in total. The van der Waals surface area contributed by atoms with E-state index in [1.807, 2.05) is 24.3 Å². The van der Waals surface area contributed by atoms with Gasteiger partial charge in [-0.05, 0) is 103 Å². The SMILES string of the molecule is Cc1cc(OCCCNC(=O)C2CCCCC2)cc(C)c1-c1cccc(COc2ccc(Cn3oc(=O)[nH]c3=O)cc2)c1C. The second-order valence-corrected chi connectivity index (χ2v) is 11.6. The van der Waals surface area contributed by atoms with E-state index in [0.29, 0.717) is 25.5 Å². The van der Waals surface area contributed by atoms with Crippen molar-refractivity contribution in [3.05, 3.63) is 103 Å². The summed E-state index contributed by atoms with van der Waals surface area (Å²) in [5.74, 6) is 1.15. The van der Waals surface area contributed by atoms with Crippen LogP contribution in [0.4, 0.5) is 0 Å². The molecule has 1 aliphatic rings. The summed E-state index contributed by atoms with van der Waals surface area (Å²) in [4.78, 5) is 37.3. The van der Waals surface area contributed by atoms with Gasteiger partial charge in [0.1, 0.15) is 18.1 Å². The van der Waals surface area contributed by atoms with Crippen LogP contribution in [0.25, 0.3) is 11.1 Å². The molecule has 0 saturated heterocycles. The molecule has 0 atom stereocenters. The number of nitrogens with one attached hydrogen (secondary N) is 2. The summed E-state index contributed by atoms with van der Waals surface area (Å²) < 4.78 is 18.0. The lowest BCUT2D eigenvalue weighted by Crippen LogP contribution is -2.33. The summed E-state index contributed by atoms with van der Waals surface area (Å²) in [6.45, 7) is 8.08. The third kappa shape index (κ3) is 7.70. The van der Waals surface area contributed by atoms with Crippen molar-refractivity contribution in [1.29, 1.82) is 0 Å². The maximum atomic E-state index is 12.4. The molecule has 0 radical (unpaired) electrons. The van der Waals surface area contributed by atoms with Gasteiger partial charge in [-0.1, -0.05) is 49.6 Å². The average molecular weight is 600 g/mol. The van der Waals surface area contributed by atoms with Crippen LogP contribution in [0.1, 0.15) is 66.3 Å². The fourth-order valence-electron chi connectivity index (χ4n) is 5.96. The van der Waals surface area contributed by atoms with Gasteiger partial charge in [0.05, 0.1) is 13.2 Å². The zero-order chi connectivity index (χ0) is 31.1. The van der Waals surface area contributed by atoms with Crippen molar-refractivity contribution in [2.75, 3.05) is 13.2 Å². The summed E-state index contributed by atoms with van der Waals surface area (Å²) in [5, 5.41) is 3.08. The predicted octanol–water partition coefficient (Wildman–Crippen LogP) is 5.81. The molecule has 1 aliphatic carbocycles. The van der Waals surface area contributed by atoms with Crippen LogP contribution in [0.5, 0.6) is 11.5 Å². The van der Waals surface area contributed by atoms with Crippen molar-refractivity contribution in [3.63, 3.8) is 0 Å². The number of hydrogen-bond acceptors (Lipinski definition) is 6. The highest BCUT2D eigenvalue weighted by Crippen LogP contribution is 2.34. The van der Waals surface area contributed by atoms with Crippen molar-refractivity contribution >= 4 is 5.91 Å². The van der Waals surface area contributed by atoms with Crippen molar-refractivity contribution in [2.45, 2.75) is 72.4 Å². The third-order valence-electron chi connectivity index (χ3n) is 8.36. The molecule has 1 fully saturated rings. The van der Waals surface area contributed by atoms with Crippen LogP contribution in [-0.4, -0.2) is 28.8 Å². The number of carbonyl (C=O) groups is 1. The van der Waals surface area contributed by atoms with Crippen molar-refractivity contribution in [3.8, 4) is 22.6 Å². The van der Waals surface area contributed by atoms with Crippen LogP contribution in [0.2, 0.25) is 0 Å². The van der Waals surface area contributed by atoms with E-state index in [-0.39, 0.29) is 18.4 Å². The number of aryl methyl sites for hydroxylation is 2. The molecule has 1 amide bonds. The quantitative estimate of drug-likeness (QED) is 0.199. The number of nitrogens with zero attached hydrogens (tertiary/aromatic N) is 1. The lowest BCUT2D eigenvalue weighted by molar-refractivity contribution is -0.125. The summed E-state index contributed by atoms with van der Waals surface area (Å²) >= 11 is 0. The maximum absolute atomic E-state index is 12.4. The van der Waals surface area contributed by atoms with Crippen LogP contribution >= 0.6 is 0 Å². The summed E-state index contributed by atoms with van der Waals surface area (Å²) in [7, 11) is 0. The van der Waals surface area contributed by atoms with Crippen LogP contribution in [-0.2, 0) is 17.9 Å². The minimum absolute atomic E-state index is 0.153. The van der Waals surface area contributed by atoms with Gasteiger partial charge in [0, 0.05) is 12.5 Å². The van der Waals surface area contributed by atoms with Crippen molar-refractivity contribution < 1.29 is 18.8 Å². The zero-order valence-corrected chi connectivity index (χ0v) is 25.7. The van der Waals surface area contributed by atoms with Crippen LogP contribution in [0.3, 0.4) is 0 Å². The van der Waals surface area contributed by atoms with Crippen molar-refractivity contribution in [1.82, 2.24) is 15.0 Å². The summed E-state index contributed by atoms with van der Waals surface area (Å²) in [6, 6.07) is 17.8. The molecule has 1 aromatic heterocycles. The molecule has 44 heavy (non-hydrogen) atoms. The van der Waals surface area contributed by atoms with Crippen LogP contribution in [0.15, 0.2) is 68.7 Å². The van der Waals surface area contributed by atoms with Gasteiger partial charge < -0.3 is 19.3 Å². The molecule has 1 saturated carbocycles. The smallest absolute Gasteiger partial charge is 0.440 e. The highest BCUT2D eigenvalue weighted by molar-refractivity contribution is 5.78. The van der Waals surface area contributed by atoms with Gasteiger partial charge in [0.15, 0.2) is 0 Å². The molecule has 0 unspecified atom stereocenters. The first-order valence-electron chi connectivity index (χ1n) is 15.4. The van der Waals surface area contributed by atoms with E-state index in [4.69, 9.17) is 14.0 Å². The number of hydrogen-bond donors (Lipinski definition) is 2. The lowest BCUT2D eigenvalue weighted by Gasteiger charge is -2.20.